The van der Waals surface area contributed by atoms with E-state index in [1.165, 1.54) is 18.4 Å². The molecule has 0 atom stereocenters. The van der Waals surface area contributed by atoms with Gasteiger partial charge >= 0.3 is 0 Å². The molecule has 1 aliphatic carbocycles. The van der Waals surface area contributed by atoms with Crippen molar-refractivity contribution in [3.8, 4) is 0 Å². The van der Waals surface area contributed by atoms with Crippen molar-refractivity contribution in [1.29, 1.82) is 0 Å². The highest BCUT2D eigenvalue weighted by Gasteiger charge is 2.43. The molecule has 3 aromatic rings. The van der Waals surface area contributed by atoms with Gasteiger partial charge in [0.05, 0.1) is 11.0 Å². The van der Waals surface area contributed by atoms with Crippen molar-refractivity contribution in [2.24, 2.45) is 12.0 Å². The smallest absolute Gasteiger partial charge is 0.191 e. The summed E-state index contributed by atoms with van der Waals surface area (Å²) in [6, 6.07) is 19.0. The first-order valence-corrected chi connectivity index (χ1v) is 9.70. The van der Waals surface area contributed by atoms with Gasteiger partial charge in [-0.2, -0.15) is 0 Å². The van der Waals surface area contributed by atoms with Crippen LogP contribution in [0, 0.1) is 0 Å². The zero-order chi connectivity index (χ0) is 18.7. The third kappa shape index (κ3) is 3.68. The van der Waals surface area contributed by atoms with E-state index in [1.807, 2.05) is 18.2 Å². The van der Waals surface area contributed by atoms with Gasteiger partial charge in [0, 0.05) is 25.6 Å². The number of aryl methyl sites for hydroxylation is 1. The van der Waals surface area contributed by atoms with E-state index in [2.05, 4.69) is 65.6 Å². The SMILES string of the molecule is CCNC(=NCc1nc2ccccc2n1C)NCC1(c2ccccc2)CC1. The monoisotopic (exact) mass is 361 g/mol. The van der Waals surface area contributed by atoms with Crippen LogP contribution in [0.1, 0.15) is 31.2 Å². The lowest BCUT2D eigenvalue weighted by Crippen LogP contribution is -2.41. The maximum atomic E-state index is 4.78. The van der Waals surface area contributed by atoms with Crippen molar-refractivity contribution in [3.63, 3.8) is 0 Å². The number of rotatable bonds is 6. The predicted molar refractivity (Wildman–Crippen MR) is 111 cm³/mol. The summed E-state index contributed by atoms with van der Waals surface area (Å²) in [5, 5.41) is 6.91. The predicted octanol–water partition coefficient (Wildman–Crippen LogP) is 3.36. The maximum absolute atomic E-state index is 4.78. The van der Waals surface area contributed by atoms with Gasteiger partial charge in [0.25, 0.3) is 0 Å². The fraction of sp³-hybridized carbons (Fsp3) is 0.364. The van der Waals surface area contributed by atoms with E-state index in [0.717, 1.165) is 35.9 Å². The normalized spacial score (nSPS) is 15.7. The van der Waals surface area contributed by atoms with Crippen LogP contribution < -0.4 is 10.6 Å². The molecule has 1 saturated carbocycles. The van der Waals surface area contributed by atoms with Crippen LogP contribution in [0.2, 0.25) is 0 Å². The number of hydrogen-bond acceptors (Lipinski definition) is 2. The zero-order valence-electron chi connectivity index (χ0n) is 16.1. The van der Waals surface area contributed by atoms with Crippen molar-refractivity contribution in [1.82, 2.24) is 20.2 Å². The van der Waals surface area contributed by atoms with Gasteiger partial charge < -0.3 is 15.2 Å². The molecule has 0 saturated heterocycles. The van der Waals surface area contributed by atoms with Crippen LogP contribution in [0.25, 0.3) is 11.0 Å². The molecule has 5 nitrogen and oxygen atoms in total. The summed E-state index contributed by atoms with van der Waals surface area (Å²) in [4.78, 5) is 9.49. The van der Waals surface area contributed by atoms with Crippen LogP contribution in [0.15, 0.2) is 59.6 Å². The average Bonchev–Trinajstić information content (AvgIpc) is 3.44. The summed E-state index contributed by atoms with van der Waals surface area (Å²) < 4.78 is 2.12. The third-order valence-corrected chi connectivity index (χ3v) is 5.44. The second-order valence-corrected chi connectivity index (χ2v) is 7.27. The lowest BCUT2D eigenvalue weighted by molar-refractivity contribution is 0.644. The van der Waals surface area contributed by atoms with E-state index in [4.69, 9.17) is 9.98 Å². The van der Waals surface area contributed by atoms with Crippen molar-refractivity contribution in [3.05, 3.63) is 66.0 Å². The lowest BCUT2D eigenvalue weighted by Gasteiger charge is -2.19. The molecule has 0 amide bonds. The van der Waals surface area contributed by atoms with Gasteiger partial charge in [-0.05, 0) is 37.5 Å². The molecular formula is C22H27N5. The van der Waals surface area contributed by atoms with Crippen LogP contribution >= 0.6 is 0 Å². The Balaban J connectivity index is 1.46. The highest BCUT2D eigenvalue weighted by atomic mass is 15.2. The number of aliphatic imine (C=N–C) groups is 1. The largest absolute Gasteiger partial charge is 0.357 e. The first-order chi connectivity index (χ1) is 13.2. The fourth-order valence-corrected chi connectivity index (χ4v) is 3.59. The number of para-hydroxylation sites is 2. The molecule has 1 heterocycles. The maximum Gasteiger partial charge on any atom is 0.191 e. The molecule has 27 heavy (non-hydrogen) atoms. The van der Waals surface area contributed by atoms with E-state index >= 15 is 0 Å². The first-order valence-electron chi connectivity index (χ1n) is 9.70. The van der Waals surface area contributed by atoms with E-state index in [0.29, 0.717) is 6.54 Å². The topological polar surface area (TPSA) is 54.2 Å². The molecule has 140 valence electrons. The van der Waals surface area contributed by atoms with Crippen molar-refractivity contribution < 1.29 is 0 Å². The van der Waals surface area contributed by atoms with Crippen LogP contribution in [0.5, 0.6) is 0 Å². The molecular weight excluding hydrogens is 334 g/mol. The van der Waals surface area contributed by atoms with Gasteiger partial charge in [0.1, 0.15) is 12.4 Å². The number of imidazole rings is 1. The van der Waals surface area contributed by atoms with Gasteiger partial charge in [-0.1, -0.05) is 42.5 Å². The Hall–Kier alpha value is -2.82. The van der Waals surface area contributed by atoms with Gasteiger partial charge in [0.2, 0.25) is 0 Å². The van der Waals surface area contributed by atoms with Crippen molar-refractivity contribution in [2.45, 2.75) is 31.7 Å². The fourth-order valence-electron chi connectivity index (χ4n) is 3.59. The van der Waals surface area contributed by atoms with Crippen LogP contribution in [0.4, 0.5) is 0 Å². The number of nitrogens with zero attached hydrogens (tertiary/aromatic N) is 3. The lowest BCUT2D eigenvalue weighted by atomic mass is 9.96. The van der Waals surface area contributed by atoms with E-state index in [-0.39, 0.29) is 5.41 Å². The van der Waals surface area contributed by atoms with E-state index < -0.39 is 0 Å². The highest BCUT2D eigenvalue weighted by molar-refractivity contribution is 5.80. The molecule has 2 aromatic carbocycles. The van der Waals surface area contributed by atoms with E-state index in [9.17, 15) is 0 Å². The molecule has 0 spiro atoms. The molecule has 1 aliphatic rings. The number of aromatic nitrogens is 2. The number of guanidine groups is 1. The number of fused-ring (bicyclic) bond motifs is 1. The standard InChI is InChI=1S/C22H27N5/c1-3-23-21(25-16-22(13-14-22)17-9-5-4-6-10-17)24-15-20-26-18-11-7-8-12-19(18)27(20)2/h4-12H,3,13-16H2,1-2H3,(H2,23,24,25). The van der Waals surface area contributed by atoms with Gasteiger partial charge in [-0.3, -0.25) is 0 Å². The number of hydrogen-bond donors (Lipinski definition) is 2. The second-order valence-electron chi connectivity index (χ2n) is 7.27. The molecule has 5 heteroatoms. The Morgan fingerprint density at radius 2 is 1.81 bits per heavy atom. The van der Waals surface area contributed by atoms with Crippen LogP contribution in [-0.4, -0.2) is 28.6 Å². The van der Waals surface area contributed by atoms with Gasteiger partial charge in [-0.15, -0.1) is 0 Å². The molecule has 0 unspecified atom stereocenters. The Bertz CT molecular complexity index is 938. The number of nitrogens with one attached hydrogen (secondary N) is 2. The summed E-state index contributed by atoms with van der Waals surface area (Å²) in [7, 11) is 2.05. The van der Waals surface area contributed by atoms with Crippen LogP contribution in [0.3, 0.4) is 0 Å². The zero-order valence-corrected chi connectivity index (χ0v) is 16.1. The first kappa shape index (κ1) is 17.6. The molecule has 0 radical (unpaired) electrons. The average molecular weight is 361 g/mol. The summed E-state index contributed by atoms with van der Waals surface area (Å²) in [5.41, 5.74) is 3.84. The Kier molecular flexibility index (Phi) is 4.84. The minimum absolute atomic E-state index is 0.259. The molecule has 2 N–H and O–H groups in total. The Morgan fingerprint density at radius 1 is 1.07 bits per heavy atom. The van der Waals surface area contributed by atoms with Gasteiger partial charge in [-0.25, -0.2) is 9.98 Å². The van der Waals surface area contributed by atoms with Crippen LogP contribution in [-0.2, 0) is 19.0 Å². The minimum atomic E-state index is 0.259. The van der Waals surface area contributed by atoms with Crippen molar-refractivity contribution in [2.75, 3.05) is 13.1 Å². The Morgan fingerprint density at radius 3 is 2.52 bits per heavy atom. The summed E-state index contributed by atoms with van der Waals surface area (Å²) >= 11 is 0. The third-order valence-electron chi connectivity index (χ3n) is 5.44. The summed E-state index contributed by atoms with van der Waals surface area (Å²) in [5.74, 6) is 1.82. The minimum Gasteiger partial charge on any atom is -0.357 e. The Labute approximate surface area is 160 Å². The second kappa shape index (κ2) is 7.43. The van der Waals surface area contributed by atoms with Gasteiger partial charge in [0.15, 0.2) is 5.96 Å². The molecule has 1 fully saturated rings. The highest BCUT2D eigenvalue weighted by Crippen LogP contribution is 2.47. The molecule has 0 aliphatic heterocycles. The number of benzene rings is 2. The molecule has 1 aromatic heterocycles. The quantitative estimate of drug-likeness (QED) is 0.523. The van der Waals surface area contributed by atoms with E-state index in [1.54, 1.807) is 0 Å². The molecule has 4 rings (SSSR count). The summed E-state index contributed by atoms with van der Waals surface area (Å²) in [6.07, 6.45) is 2.46. The molecule has 0 bridgehead atoms. The summed E-state index contributed by atoms with van der Waals surface area (Å²) in [6.45, 7) is 4.40. The van der Waals surface area contributed by atoms with Crippen molar-refractivity contribution >= 4 is 17.0 Å².